The molecule has 3 rings (SSSR count). The van der Waals surface area contributed by atoms with E-state index in [4.69, 9.17) is 0 Å². The van der Waals surface area contributed by atoms with Crippen LogP contribution < -0.4 is 0 Å². The average Bonchev–Trinajstić information content (AvgIpc) is 2.70. The largest absolute Gasteiger partial charge is 0.0616 e. The van der Waals surface area contributed by atoms with E-state index in [9.17, 15) is 0 Å². The van der Waals surface area contributed by atoms with Crippen molar-refractivity contribution in [1.29, 1.82) is 0 Å². The van der Waals surface area contributed by atoms with Crippen LogP contribution in [-0.4, -0.2) is 0 Å². The van der Waals surface area contributed by atoms with Crippen LogP contribution in [0.25, 0.3) is 16.7 Å². The fourth-order valence-electron chi connectivity index (χ4n) is 2.68. The van der Waals surface area contributed by atoms with E-state index in [1.807, 2.05) is 4.99 Å². The molecule has 0 aromatic heterocycles. The van der Waals surface area contributed by atoms with Crippen LogP contribution in [0, 0.1) is 0 Å². The predicted molar refractivity (Wildman–Crippen MR) is 86.6 cm³/mol. The molecule has 2 aromatic carbocycles. The van der Waals surface area contributed by atoms with Gasteiger partial charge in [0.25, 0.3) is 0 Å². The monoisotopic (exact) mass is 312 g/mol. The van der Waals surface area contributed by atoms with E-state index in [2.05, 4.69) is 79.2 Å². The maximum Gasteiger partial charge on any atom is -0.00296 e. The van der Waals surface area contributed by atoms with Crippen molar-refractivity contribution >= 4 is 21.5 Å². The maximum atomic E-state index is 3.53. The third kappa shape index (κ3) is 1.97. The van der Waals surface area contributed by atoms with Crippen molar-refractivity contribution in [2.45, 2.75) is 26.2 Å². The molecule has 0 atom stereocenters. The normalized spacial score (nSPS) is 15.5. The van der Waals surface area contributed by atoms with Gasteiger partial charge in [0, 0.05) is 0 Å². The Morgan fingerprint density at radius 1 is 0.842 bits per heavy atom. The highest BCUT2D eigenvalue weighted by Crippen LogP contribution is 2.45. The molecule has 1 aliphatic carbocycles. The van der Waals surface area contributed by atoms with Crippen LogP contribution in [0.5, 0.6) is 0 Å². The maximum absolute atomic E-state index is 3.53. The van der Waals surface area contributed by atoms with E-state index in [-0.39, 0.29) is 5.41 Å². The van der Waals surface area contributed by atoms with Crippen molar-refractivity contribution in [2.75, 3.05) is 0 Å². The summed E-state index contributed by atoms with van der Waals surface area (Å²) >= 11 is 3.53. The molecule has 0 fully saturated rings. The molecule has 0 heterocycles. The Labute approximate surface area is 123 Å². The van der Waals surface area contributed by atoms with Crippen molar-refractivity contribution in [3.8, 4) is 11.1 Å². The van der Waals surface area contributed by atoms with Crippen LogP contribution in [0.2, 0.25) is 0 Å². The molecule has 0 spiro atoms. The Morgan fingerprint density at radius 2 is 1.47 bits per heavy atom. The van der Waals surface area contributed by atoms with E-state index < -0.39 is 0 Å². The van der Waals surface area contributed by atoms with Gasteiger partial charge in [0.15, 0.2) is 0 Å². The number of benzene rings is 2. The van der Waals surface area contributed by atoms with E-state index in [0.717, 1.165) is 0 Å². The molecule has 0 nitrogen and oxygen atoms in total. The second-order valence-corrected chi connectivity index (χ2v) is 6.54. The first-order valence-corrected chi connectivity index (χ1v) is 7.49. The zero-order valence-corrected chi connectivity index (χ0v) is 13.1. The third-order valence-corrected chi connectivity index (χ3v) is 4.25. The highest BCUT2D eigenvalue weighted by molar-refractivity contribution is 9.11. The lowest BCUT2D eigenvalue weighted by molar-refractivity contribution is 0.590. The van der Waals surface area contributed by atoms with Gasteiger partial charge in [0.05, 0.1) is 0 Å². The highest BCUT2D eigenvalue weighted by Gasteiger charge is 2.24. The van der Waals surface area contributed by atoms with Crippen LogP contribution >= 0.6 is 15.9 Å². The molecule has 0 amide bonds. The van der Waals surface area contributed by atoms with Gasteiger partial charge in [-0.3, -0.25) is 0 Å². The molecule has 19 heavy (non-hydrogen) atoms. The standard InChI is InChI=1S/C18H17Br/c1-18(2,3)12-8-9-15-13-6-4-5-7-14(13)17(11-19)16(15)10-12/h4-11H,1-3H3/b17-11+. The topological polar surface area (TPSA) is 0 Å². The van der Waals surface area contributed by atoms with Crippen LogP contribution in [0.15, 0.2) is 47.4 Å². The van der Waals surface area contributed by atoms with Gasteiger partial charge in [0.2, 0.25) is 0 Å². The van der Waals surface area contributed by atoms with E-state index >= 15 is 0 Å². The van der Waals surface area contributed by atoms with Gasteiger partial charge in [-0.2, -0.15) is 0 Å². The Morgan fingerprint density at radius 3 is 2.11 bits per heavy atom. The molecule has 0 unspecified atom stereocenters. The van der Waals surface area contributed by atoms with Crippen molar-refractivity contribution in [2.24, 2.45) is 0 Å². The predicted octanol–water partition coefficient (Wildman–Crippen LogP) is 5.75. The van der Waals surface area contributed by atoms with Gasteiger partial charge in [0.1, 0.15) is 0 Å². The van der Waals surface area contributed by atoms with Crippen molar-refractivity contribution in [3.05, 3.63) is 64.1 Å². The summed E-state index contributed by atoms with van der Waals surface area (Å²) in [6.45, 7) is 6.77. The Balaban J connectivity index is 2.27. The molecule has 0 radical (unpaired) electrons. The molecular weight excluding hydrogens is 296 g/mol. The molecule has 1 heteroatoms. The summed E-state index contributed by atoms with van der Waals surface area (Å²) in [5.41, 5.74) is 8.19. The zero-order chi connectivity index (χ0) is 13.6. The summed E-state index contributed by atoms with van der Waals surface area (Å²) < 4.78 is 0. The van der Waals surface area contributed by atoms with Gasteiger partial charge >= 0.3 is 0 Å². The van der Waals surface area contributed by atoms with E-state index in [0.29, 0.717) is 0 Å². The fraction of sp³-hybridized carbons (Fsp3) is 0.222. The number of hydrogen-bond acceptors (Lipinski definition) is 0. The molecule has 96 valence electrons. The lowest BCUT2D eigenvalue weighted by Gasteiger charge is -2.20. The van der Waals surface area contributed by atoms with Crippen LogP contribution in [0.4, 0.5) is 0 Å². The summed E-state index contributed by atoms with van der Waals surface area (Å²) in [4.78, 5) is 2.05. The van der Waals surface area contributed by atoms with Gasteiger partial charge in [-0.15, -0.1) is 0 Å². The molecule has 0 bridgehead atoms. The van der Waals surface area contributed by atoms with E-state index in [1.165, 1.54) is 33.4 Å². The summed E-state index contributed by atoms with van der Waals surface area (Å²) in [6, 6.07) is 15.5. The quantitative estimate of drug-likeness (QED) is 0.496. The van der Waals surface area contributed by atoms with Gasteiger partial charge in [-0.1, -0.05) is 73.1 Å². The van der Waals surface area contributed by atoms with Crippen molar-refractivity contribution in [3.63, 3.8) is 0 Å². The van der Waals surface area contributed by atoms with Crippen LogP contribution in [0.1, 0.15) is 37.5 Å². The summed E-state index contributed by atoms with van der Waals surface area (Å²) in [5.74, 6) is 0. The highest BCUT2D eigenvalue weighted by atomic mass is 79.9. The molecule has 0 saturated carbocycles. The molecule has 1 aliphatic rings. The second kappa shape index (κ2) is 4.35. The fourth-order valence-corrected chi connectivity index (χ4v) is 3.18. The molecule has 0 saturated heterocycles. The summed E-state index contributed by atoms with van der Waals surface area (Å²) in [7, 11) is 0. The third-order valence-electron chi connectivity index (χ3n) is 3.79. The SMILES string of the molecule is CC(C)(C)c1ccc2c(c1)/C(=C/Br)c1ccccc1-2. The lowest BCUT2D eigenvalue weighted by atomic mass is 9.85. The lowest BCUT2D eigenvalue weighted by Crippen LogP contribution is -2.11. The van der Waals surface area contributed by atoms with Crippen LogP contribution in [0.3, 0.4) is 0 Å². The number of rotatable bonds is 0. The van der Waals surface area contributed by atoms with Gasteiger partial charge < -0.3 is 0 Å². The second-order valence-electron chi connectivity index (χ2n) is 6.08. The van der Waals surface area contributed by atoms with E-state index in [1.54, 1.807) is 0 Å². The minimum absolute atomic E-state index is 0.182. The first-order chi connectivity index (χ1) is 9.02. The minimum Gasteiger partial charge on any atom is -0.0616 e. The zero-order valence-electron chi connectivity index (χ0n) is 11.5. The van der Waals surface area contributed by atoms with Gasteiger partial charge in [-0.05, 0) is 49.9 Å². The molecular formula is C18H17Br. The summed E-state index contributed by atoms with van der Waals surface area (Å²) in [6.07, 6.45) is 0. The first kappa shape index (κ1) is 12.7. The average molecular weight is 313 g/mol. The Bertz CT molecular complexity index is 672. The smallest absolute Gasteiger partial charge is 0.00296 e. The van der Waals surface area contributed by atoms with Crippen LogP contribution in [-0.2, 0) is 5.41 Å². The molecule has 0 N–H and O–H groups in total. The summed E-state index contributed by atoms with van der Waals surface area (Å²) in [5, 5.41) is 0. The van der Waals surface area contributed by atoms with Crippen molar-refractivity contribution in [1.82, 2.24) is 0 Å². The number of hydrogen-bond donors (Lipinski definition) is 0. The van der Waals surface area contributed by atoms with Crippen molar-refractivity contribution < 1.29 is 0 Å². The molecule has 0 aliphatic heterocycles. The minimum atomic E-state index is 0.182. The first-order valence-electron chi connectivity index (χ1n) is 6.57. The number of halogens is 1. The molecule has 2 aromatic rings. The Hall–Kier alpha value is -1.34. The number of fused-ring (bicyclic) bond motifs is 3. The van der Waals surface area contributed by atoms with Gasteiger partial charge in [-0.25, -0.2) is 0 Å². The Kier molecular flexibility index (Phi) is 2.90.